The van der Waals surface area contributed by atoms with Crippen LogP contribution in [-0.2, 0) is 11.3 Å². The number of carbonyl (C=O) groups is 2. The van der Waals surface area contributed by atoms with Gasteiger partial charge < -0.3 is 15.3 Å². The van der Waals surface area contributed by atoms with Gasteiger partial charge in [0, 0.05) is 35.4 Å². The third-order valence-corrected chi connectivity index (χ3v) is 7.74. The van der Waals surface area contributed by atoms with Crippen LogP contribution in [0.3, 0.4) is 0 Å². The van der Waals surface area contributed by atoms with Gasteiger partial charge in [0.1, 0.15) is 0 Å². The van der Waals surface area contributed by atoms with E-state index in [1.165, 1.54) is 43.2 Å². The van der Waals surface area contributed by atoms with Crippen molar-refractivity contribution in [1.82, 2.24) is 10.6 Å². The second kappa shape index (κ2) is 14.2. The molecule has 0 aromatic heterocycles. The van der Waals surface area contributed by atoms with Gasteiger partial charge in [-0.25, -0.2) is 0 Å². The predicted octanol–water partition coefficient (Wildman–Crippen LogP) is 6.91. The highest BCUT2D eigenvalue weighted by molar-refractivity contribution is 6.30. The first kappa shape index (κ1) is 28.7. The fraction of sp³-hybridized carbons (Fsp3) is 0.375. The molecule has 4 rings (SSSR count). The van der Waals surface area contributed by atoms with E-state index in [0.29, 0.717) is 29.7 Å². The van der Waals surface area contributed by atoms with Crippen LogP contribution in [0.15, 0.2) is 72.8 Å². The van der Waals surface area contributed by atoms with E-state index >= 15 is 0 Å². The molecule has 0 spiro atoms. The lowest BCUT2D eigenvalue weighted by Crippen LogP contribution is -2.35. The molecule has 1 amide bonds. The molecule has 0 unspecified atom stereocenters. The molecule has 1 aliphatic carbocycles. The highest BCUT2D eigenvalue weighted by Gasteiger charge is 2.17. The molecule has 1 atom stereocenters. The zero-order chi connectivity index (χ0) is 27.6. The monoisotopic (exact) mass is 547 g/mol. The normalized spacial score (nSPS) is 14.5. The Morgan fingerprint density at radius 1 is 1.00 bits per heavy atom. The minimum absolute atomic E-state index is 0.0929. The van der Waals surface area contributed by atoms with Gasteiger partial charge in [0.05, 0.1) is 13.1 Å². The molecule has 39 heavy (non-hydrogen) atoms. The minimum Gasteiger partial charge on any atom is -0.481 e. The standard InChI is InChI=1S/C32H38ClN3O3/c1-23(25-14-16-29(33)17-15-25)35-22-36(21-24-10-12-27(13-11-24)26-6-3-2-4-7-26)30-9-5-8-28(20-30)32(39)34-19-18-31(37)38/h5,8-17,20,23,26,35H,2-4,6-7,18-19,21-22H2,1H3,(H,34,39)(H,37,38)/t23-/m1/s1. The number of carbonyl (C=O) groups excluding carboxylic acids is 1. The first-order valence-corrected chi connectivity index (χ1v) is 14.2. The lowest BCUT2D eigenvalue weighted by Gasteiger charge is -2.28. The molecule has 3 N–H and O–H groups in total. The fourth-order valence-electron chi connectivity index (χ4n) is 5.14. The maximum atomic E-state index is 12.7. The first-order chi connectivity index (χ1) is 18.9. The summed E-state index contributed by atoms with van der Waals surface area (Å²) in [7, 11) is 0. The number of carboxylic acids is 1. The highest BCUT2D eigenvalue weighted by atomic mass is 35.5. The molecular formula is C32H38ClN3O3. The first-order valence-electron chi connectivity index (χ1n) is 13.8. The van der Waals surface area contributed by atoms with Crippen LogP contribution < -0.4 is 15.5 Å². The number of carboxylic acid groups (broad SMARTS) is 1. The topological polar surface area (TPSA) is 81.7 Å². The largest absolute Gasteiger partial charge is 0.481 e. The Labute approximate surface area is 236 Å². The summed E-state index contributed by atoms with van der Waals surface area (Å²) in [6.45, 7) is 3.45. The minimum atomic E-state index is -0.939. The second-order valence-electron chi connectivity index (χ2n) is 10.4. The number of hydrogen-bond acceptors (Lipinski definition) is 4. The number of anilines is 1. The molecule has 0 heterocycles. The number of nitrogens with zero attached hydrogens (tertiary/aromatic N) is 1. The van der Waals surface area contributed by atoms with Gasteiger partial charge in [-0.05, 0) is 72.7 Å². The van der Waals surface area contributed by atoms with Crippen LogP contribution in [0.5, 0.6) is 0 Å². The van der Waals surface area contributed by atoms with Gasteiger partial charge in [-0.3, -0.25) is 14.9 Å². The molecule has 6 nitrogen and oxygen atoms in total. The molecule has 3 aromatic carbocycles. The van der Waals surface area contributed by atoms with Crippen molar-refractivity contribution < 1.29 is 14.7 Å². The van der Waals surface area contributed by atoms with E-state index in [9.17, 15) is 9.59 Å². The van der Waals surface area contributed by atoms with Gasteiger partial charge in [0.2, 0.25) is 0 Å². The summed E-state index contributed by atoms with van der Waals surface area (Å²) in [5.74, 6) is -0.551. The van der Waals surface area contributed by atoms with Crippen molar-refractivity contribution in [3.05, 3.63) is 100 Å². The quantitative estimate of drug-likeness (QED) is 0.215. The van der Waals surface area contributed by atoms with Crippen molar-refractivity contribution in [2.24, 2.45) is 0 Å². The Kier molecular flexibility index (Phi) is 10.4. The van der Waals surface area contributed by atoms with Gasteiger partial charge in [-0.1, -0.05) is 73.3 Å². The van der Waals surface area contributed by atoms with Gasteiger partial charge in [0.15, 0.2) is 0 Å². The van der Waals surface area contributed by atoms with Gasteiger partial charge in [-0.2, -0.15) is 0 Å². The second-order valence-corrected chi connectivity index (χ2v) is 10.8. The zero-order valence-corrected chi connectivity index (χ0v) is 23.3. The fourth-order valence-corrected chi connectivity index (χ4v) is 5.26. The van der Waals surface area contributed by atoms with Crippen molar-refractivity contribution in [1.29, 1.82) is 0 Å². The van der Waals surface area contributed by atoms with Crippen LogP contribution in [0.2, 0.25) is 5.02 Å². The van der Waals surface area contributed by atoms with Crippen molar-refractivity contribution in [3.8, 4) is 0 Å². The lowest BCUT2D eigenvalue weighted by molar-refractivity contribution is -0.136. The summed E-state index contributed by atoms with van der Waals surface area (Å²) in [6, 6.07) is 24.4. The molecule has 7 heteroatoms. The van der Waals surface area contributed by atoms with E-state index in [0.717, 1.165) is 11.3 Å². The van der Waals surface area contributed by atoms with Crippen molar-refractivity contribution in [2.75, 3.05) is 18.1 Å². The Balaban J connectivity index is 1.50. The van der Waals surface area contributed by atoms with Gasteiger partial charge in [0.25, 0.3) is 5.91 Å². The molecule has 0 bridgehead atoms. The summed E-state index contributed by atoms with van der Waals surface area (Å²) >= 11 is 6.07. The van der Waals surface area contributed by atoms with E-state index in [1.54, 1.807) is 6.07 Å². The number of benzene rings is 3. The van der Waals surface area contributed by atoms with E-state index in [2.05, 4.69) is 46.7 Å². The number of nitrogens with one attached hydrogen (secondary N) is 2. The van der Waals surface area contributed by atoms with Crippen molar-refractivity contribution >= 4 is 29.2 Å². The summed E-state index contributed by atoms with van der Waals surface area (Å²) in [5.41, 5.74) is 5.18. The lowest BCUT2D eigenvalue weighted by atomic mass is 9.84. The van der Waals surface area contributed by atoms with Crippen molar-refractivity contribution in [3.63, 3.8) is 0 Å². The maximum Gasteiger partial charge on any atom is 0.305 e. The summed E-state index contributed by atoms with van der Waals surface area (Å²) in [6.07, 6.45) is 6.43. The third-order valence-electron chi connectivity index (χ3n) is 7.49. The van der Waals surface area contributed by atoms with E-state index in [-0.39, 0.29) is 24.9 Å². The zero-order valence-electron chi connectivity index (χ0n) is 22.5. The Morgan fingerprint density at radius 3 is 2.41 bits per heavy atom. The molecule has 1 fully saturated rings. The van der Waals surface area contributed by atoms with E-state index in [1.807, 2.05) is 42.5 Å². The molecule has 0 saturated heterocycles. The van der Waals surface area contributed by atoms with E-state index in [4.69, 9.17) is 16.7 Å². The van der Waals surface area contributed by atoms with Gasteiger partial charge in [-0.15, -0.1) is 0 Å². The number of aliphatic carboxylic acids is 1. The predicted molar refractivity (Wildman–Crippen MR) is 157 cm³/mol. The molecule has 1 aliphatic rings. The van der Waals surface area contributed by atoms with Gasteiger partial charge >= 0.3 is 5.97 Å². The number of halogens is 1. The molecule has 3 aromatic rings. The van der Waals surface area contributed by atoms with E-state index < -0.39 is 5.97 Å². The summed E-state index contributed by atoms with van der Waals surface area (Å²) < 4.78 is 0. The smallest absolute Gasteiger partial charge is 0.305 e. The maximum absolute atomic E-state index is 12.7. The van der Waals surface area contributed by atoms with Crippen LogP contribution in [0.4, 0.5) is 5.69 Å². The summed E-state index contributed by atoms with van der Waals surface area (Å²) in [5, 5.41) is 15.9. The Bertz CT molecular complexity index is 1220. The molecular weight excluding hydrogens is 510 g/mol. The molecule has 1 saturated carbocycles. The van der Waals surface area contributed by atoms with Crippen molar-refractivity contribution in [2.45, 2.75) is 64.0 Å². The SMILES string of the molecule is C[C@@H](NCN(Cc1ccc(C2CCCCC2)cc1)c1cccc(C(=O)NCCC(=O)O)c1)c1ccc(Cl)cc1. The highest BCUT2D eigenvalue weighted by Crippen LogP contribution is 2.32. The van der Waals surface area contributed by atoms with Crippen LogP contribution in [0.25, 0.3) is 0 Å². The summed E-state index contributed by atoms with van der Waals surface area (Å²) in [4.78, 5) is 25.7. The molecule has 0 aliphatic heterocycles. The van der Waals surface area contributed by atoms with Crippen LogP contribution in [-0.4, -0.2) is 30.2 Å². The average Bonchev–Trinajstić information content (AvgIpc) is 2.96. The molecule has 206 valence electrons. The number of rotatable bonds is 12. The van der Waals surface area contributed by atoms with Crippen LogP contribution in [0.1, 0.15) is 84.5 Å². The van der Waals surface area contributed by atoms with Crippen LogP contribution in [0, 0.1) is 0 Å². The Hall–Kier alpha value is -3.35. The third kappa shape index (κ3) is 8.57. The van der Waals surface area contributed by atoms with Crippen LogP contribution >= 0.6 is 11.6 Å². The number of amides is 1. The average molecular weight is 548 g/mol. The molecule has 0 radical (unpaired) electrons. The number of hydrogen-bond donors (Lipinski definition) is 3. The Morgan fingerprint density at radius 2 is 1.72 bits per heavy atom.